The molecule has 0 unspecified atom stereocenters. The molecular weight excluding hydrogens is 332 g/mol. The predicted molar refractivity (Wildman–Crippen MR) is 83.4 cm³/mol. The number of benzene rings is 2. The third kappa shape index (κ3) is 3.08. The summed E-state index contributed by atoms with van der Waals surface area (Å²) < 4.78 is 6.33. The third-order valence-corrected chi connectivity index (χ3v) is 3.47. The molecule has 1 aromatic heterocycles. The molecule has 0 bridgehead atoms. The van der Waals surface area contributed by atoms with E-state index in [2.05, 4.69) is 25.9 Å². The number of halogens is 1. The minimum atomic E-state index is -0.515. The van der Waals surface area contributed by atoms with E-state index in [4.69, 9.17) is 4.74 Å². The van der Waals surface area contributed by atoms with Crippen LogP contribution in [0.15, 0.2) is 53.3 Å². The fraction of sp³-hybridized carbons (Fsp3) is 0.0625. The zero-order chi connectivity index (χ0) is 14.8. The number of nitrogens with zero attached hydrogens (tertiary/aromatic N) is 2. The van der Waals surface area contributed by atoms with Crippen molar-refractivity contribution in [2.75, 3.05) is 0 Å². The van der Waals surface area contributed by atoms with Gasteiger partial charge in [0.1, 0.15) is 5.75 Å². The zero-order valence-electron chi connectivity index (χ0n) is 11.2. The van der Waals surface area contributed by atoms with E-state index < -0.39 is 5.97 Å². The molecule has 0 fully saturated rings. The Labute approximate surface area is 129 Å². The fourth-order valence-corrected chi connectivity index (χ4v) is 2.29. The van der Waals surface area contributed by atoms with Crippen LogP contribution in [0.5, 0.6) is 5.75 Å². The Kier molecular flexibility index (Phi) is 3.66. The van der Waals surface area contributed by atoms with Crippen molar-refractivity contribution in [1.82, 2.24) is 9.97 Å². The number of carbonyl (C=O) groups is 1. The number of hydrogen-bond acceptors (Lipinski definition) is 4. The molecule has 0 atom stereocenters. The molecule has 0 spiro atoms. The molecule has 0 aliphatic carbocycles. The Morgan fingerprint density at radius 1 is 1.05 bits per heavy atom. The van der Waals surface area contributed by atoms with E-state index in [9.17, 15) is 4.79 Å². The molecule has 0 saturated heterocycles. The van der Waals surface area contributed by atoms with Crippen molar-refractivity contribution in [3.05, 3.63) is 64.7 Å². The van der Waals surface area contributed by atoms with Crippen molar-refractivity contribution in [2.24, 2.45) is 0 Å². The molecular formula is C16H11BrN2O2. The molecule has 3 aromatic rings. The Morgan fingerprint density at radius 3 is 2.57 bits per heavy atom. The third-order valence-electron chi connectivity index (χ3n) is 2.97. The van der Waals surface area contributed by atoms with Gasteiger partial charge in [-0.05, 0) is 42.0 Å². The van der Waals surface area contributed by atoms with Gasteiger partial charge < -0.3 is 4.74 Å². The van der Waals surface area contributed by atoms with Crippen molar-refractivity contribution in [3.8, 4) is 5.75 Å². The lowest BCUT2D eigenvalue weighted by Crippen LogP contribution is -2.11. The molecule has 21 heavy (non-hydrogen) atoms. The average molecular weight is 343 g/mol. The van der Waals surface area contributed by atoms with Crippen LogP contribution in [-0.4, -0.2) is 15.9 Å². The Bertz CT molecular complexity index is 816. The maximum Gasteiger partial charge on any atom is 0.363 e. The highest BCUT2D eigenvalue weighted by molar-refractivity contribution is 9.10. The number of carbonyl (C=O) groups excluding carboxylic acids is 1. The molecule has 5 heteroatoms. The van der Waals surface area contributed by atoms with Gasteiger partial charge in [0.15, 0.2) is 5.69 Å². The molecule has 0 N–H and O–H groups in total. The topological polar surface area (TPSA) is 52.1 Å². The highest BCUT2D eigenvalue weighted by Crippen LogP contribution is 2.24. The van der Waals surface area contributed by atoms with E-state index >= 15 is 0 Å². The first-order valence-electron chi connectivity index (χ1n) is 6.32. The summed E-state index contributed by atoms with van der Waals surface area (Å²) in [4.78, 5) is 20.0. The lowest BCUT2D eigenvalue weighted by atomic mass is 10.1. The molecule has 0 radical (unpaired) electrons. The minimum Gasteiger partial charge on any atom is -0.422 e. The second kappa shape index (κ2) is 5.61. The number of hydrogen-bond donors (Lipinski definition) is 0. The van der Waals surface area contributed by atoms with E-state index in [-0.39, 0.29) is 5.69 Å². The van der Waals surface area contributed by atoms with Crippen LogP contribution >= 0.6 is 15.9 Å². The van der Waals surface area contributed by atoms with Gasteiger partial charge in [0, 0.05) is 10.7 Å². The summed E-state index contributed by atoms with van der Waals surface area (Å²) >= 11 is 3.43. The minimum absolute atomic E-state index is 0.191. The number of ether oxygens (including phenoxy) is 1. The molecule has 104 valence electrons. The highest BCUT2D eigenvalue weighted by Gasteiger charge is 2.10. The first kappa shape index (κ1) is 13.7. The lowest BCUT2D eigenvalue weighted by molar-refractivity contribution is 0.0728. The van der Waals surface area contributed by atoms with Crippen LogP contribution in [-0.2, 0) is 0 Å². The monoisotopic (exact) mass is 342 g/mol. The van der Waals surface area contributed by atoms with Crippen LogP contribution in [0, 0.1) is 6.92 Å². The van der Waals surface area contributed by atoms with Crippen LogP contribution < -0.4 is 4.74 Å². The fourth-order valence-electron chi connectivity index (χ4n) is 1.92. The van der Waals surface area contributed by atoms with Gasteiger partial charge in [-0.15, -0.1) is 0 Å². The van der Waals surface area contributed by atoms with Gasteiger partial charge in [-0.3, -0.25) is 4.98 Å². The van der Waals surface area contributed by atoms with Gasteiger partial charge in [0.25, 0.3) is 0 Å². The van der Waals surface area contributed by atoms with Crippen molar-refractivity contribution < 1.29 is 9.53 Å². The summed E-state index contributed by atoms with van der Waals surface area (Å²) in [6.07, 6.45) is 2.95. The number of aryl methyl sites for hydroxylation is 1. The van der Waals surface area contributed by atoms with E-state index in [0.717, 1.165) is 20.9 Å². The second-order valence-electron chi connectivity index (χ2n) is 4.59. The maximum absolute atomic E-state index is 12.0. The van der Waals surface area contributed by atoms with Crippen LogP contribution in [0.25, 0.3) is 10.8 Å². The molecule has 1 heterocycles. The molecule has 0 aliphatic heterocycles. The van der Waals surface area contributed by atoms with Gasteiger partial charge in [-0.1, -0.05) is 28.1 Å². The van der Waals surface area contributed by atoms with Gasteiger partial charge >= 0.3 is 5.97 Å². The van der Waals surface area contributed by atoms with Gasteiger partial charge in [0.05, 0.1) is 11.9 Å². The average Bonchev–Trinajstić information content (AvgIpc) is 2.48. The van der Waals surface area contributed by atoms with Crippen molar-refractivity contribution in [3.63, 3.8) is 0 Å². The molecule has 4 nitrogen and oxygen atoms in total. The van der Waals surface area contributed by atoms with Crippen LogP contribution in [0.1, 0.15) is 16.2 Å². The van der Waals surface area contributed by atoms with Crippen molar-refractivity contribution in [1.29, 1.82) is 0 Å². The molecule has 0 amide bonds. The number of fused-ring (bicyclic) bond motifs is 1. The summed E-state index contributed by atoms with van der Waals surface area (Å²) in [6.45, 7) is 1.81. The molecule has 0 saturated carbocycles. The molecule has 2 aromatic carbocycles. The maximum atomic E-state index is 12.0. The first-order chi connectivity index (χ1) is 10.1. The number of rotatable bonds is 2. The van der Waals surface area contributed by atoms with Gasteiger partial charge in [0.2, 0.25) is 0 Å². The Hall–Kier alpha value is -2.27. The summed E-state index contributed by atoms with van der Waals surface area (Å²) in [5, 5.41) is 2.07. The summed E-state index contributed by atoms with van der Waals surface area (Å²) in [6, 6.07) is 11.4. The van der Waals surface area contributed by atoms with E-state index in [1.54, 1.807) is 6.07 Å². The summed E-state index contributed by atoms with van der Waals surface area (Å²) in [5.74, 6) is -0.0313. The predicted octanol–water partition coefficient (Wildman–Crippen LogP) is 3.92. The van der Waals surface area contributed by atoms with Crippen molar-refractivity contribution >= 4 is 32.7 Å². The highest BCUT2D eigenvalue weighted by atomic mass is 79.9. The van der Waals surface area contributed by atoms with Gasteiger partial charge in [-0.25, -0.2) is 9.78 Å². The van der Waals surface area contributed by atoms with Crippen LogP contribution in [0.2, 0.25) is 0 Å². The quantitative estimate of drug-likeness (QED) is 0.523. The van der Waals surface area contributed by atoms with E-state index in [1.807, 2.05) is 37.3 Å². The Morgan fingerprint density at radius 2 is 1.81 bits per heavy atom. The second-order valence-corrected chi connectivity index (χ2v) is 5.50. The van der Waals surface area contributed by atoms with Crippen LogP contribution in [0.3, 0.4) is 0 Å². The zero-order valence-corrected chi connectivity index (χ0v) is 12.8. The van der Waals surface area contributed by atoms with Gasteiger partial charge in [-0.2, -0.15) is 0 Å². The molecule has 0 aliphatic rings. The standard InChI is InChI=1S/C16H11BrN2O2/c1-10-8-19-15(9-18-10)16(20)21-14-5-3-11-6-13(17)4-2-12(11)7-14/h2-9H,1H3. The largest absolute Gasteiger partial charge is 0.422 e. The lowest BCUT2D eigenvalue weighted by Gasteiger charge is -2.05. The Balaban J connectivity index is 1.85. The molecule has 3 rings (SSSR count). The van der Waals surface area contributed by atoms with E-state index in [1.165, 1.54) is 12.4 Å². The summed E-state index contributed by atoms with van der Waals surface area (Å²) in [7, 11) is 0. The number of aromatic nitrogens is 2. The first-order valence-corrected chi connectivity index (χ1v) is 7.11. The summed E-state index contributed by atoms with van der Waals surface area (Å²) in [5.41, 5.74) is 0.944. The van der Waals surface area contributed by atoms with Crippen LogP contribution in [0.4, 0.5) is 0 Å². The SMILES string of the molecule is Cc1cnc(C(=O)Oc2ccc3cc(Br)ccc3c2)cn1. The van der Waals surface area contributed by atoms with E-state index in [0.29, 0.717) is 5.75 Å². The smallest absolute Gasteiger partial charge is 0.363 e. The number of esters is 1. The van der Waals surface area contributed by atoms with Crippen molar-refractivity contribution in [2.45, 2.75) is 6.92 Å². The normalized spacial score (nSPS) is 10.6.